The van der Waals surface area contributed by atoms with E-state index in [1.165, 1.54) is 0 Å². The van der Waals surface area contributed by atoms with E-state index >= 15 is 0 Å². The van der Waals surface area contributed by atoms with Gasteiger partial charge in [0.15, 0.2) is 0 Å². The van der Waals surface area contributed by atoms with E-state index in [-0.39, 0.29) is 0 Å². The minimum Gasteiger partial charge on any atom is -0.384 e. The van der Waals surface area contributed by atoms with E-state index in [2.05, 4.69) is 23.8 Å². The molecule has 1 rings (SSSR count). The van der Waals surface area contributed by atoms with Crippen molar-refractivity contribution >= 4 is 5.82 Å². The number of nitrogens with zero attached hydrogens (tertiary/aromatic N) is 2. The van der Waals surface area contributed by atoms with Gasteiger partial charge in [0.25, 0.3) is 0 Å². The fourth-order valence-corrected chi connectivity index (χ4v) is 1.53. The Balaban J connectivity index is 2.99. The number of aromatic nitrogens is 2. The summed E-state index contributed by atoms with van der Waals surface area (Å²) in [4.78, 5) is 8.44. The first-order chi connectivity index (χ1) is 6.17. The van der Waals surface area contributed by atoms with Crippen LogP contribution in [0.3, 0.4) is 0 Å². The third kappa shape index (κ3) is 2.41. The molecule has 0 bridgehead atoms. The molecule has 0 fully saturated rings. The molecule has 0 aliphatic rings. The molecule has 0 atom stereocenters. The highest BCUT2D eigenvalue weighted by Crippen LogP contribution is 2.21. The van der Waals surface area contributed by atoms with Crippen LogP contribution < -0.4 is 5.73 Å². The maximum atomic E-state index is 5.66. The van der Waals surface area contributed by atoms with Gasteiger partial charge >= 0.3 is 0 Å². The molecule has 3 nitrogen and oxygen atoms in total. The molecule has 3 heteroatoms. The quantitative estimate of drug-likeness (QED) is 0.774. The van der Waals surface area contributed by atoms with Crippen LogP contribution >= 0.6 is 0 Å². The lowest BCUT2D eigenvalue weighted by molar-refractivity contribution is 0.619. The molecule has 0 radical (unpaired) electrons. The molecule has 0 saturated heterocycles. The Bertz CT molecular complexity index is 259. The van der Waals surface area contributed by atoms with Gasteiger partial charge < -0.3 is 5.73 Å². The van der Waals surface area contributed by atoms with Crippen LogP contribution in [-0.2, 0) is 0 Å². The van der Waals surface area contributed by atoms with Crippen LogP contribution in [0, 0.1) is 6.92 Å². The van der Waals surface area contributed by atoms with Crippen molar-refractivity contribution in [3.05, 3.63) is 17.6 Å². The number of hydrogen-bond acceptors (Lipinski definition) is 3. The van der Waals surface area contributed by atoms with Gasteiger partial charge in [0, 0.05) is 17.7 Å². The molecule has 0 spiro atoms. The zero-order chi connectivity index (χ0) is 9.84. The minimum absolute atomic E-state index is 0.518. The third-order valence-electron chi connectivity index (χ3n) is 2.28. The predicted octanol–water partition coefficient (Wildman–Crippen LogP) is 2.27. The van der Waals surface area contributed by atoms with Crippen molar-refractivity contribution in [2.24, 2.45) is 0 Å². The van der Waals surface area contributed by atoms with Crippen molar-refractivity contribution < 1.29 is 0 Å². The molecule has 13 heavy (non-hydrogen) atoms. The average molecular weight is 179 g/mol. The fraction of sp³-hybridized carbons (Fsp3) is 0.600. The molecule has 1 heterocycles. The summed E-state index contributed by atoms with van der Waals surface area (Å²) < 4.78 is 0. The molecule has 1 aromatic heterocycles. The second-order valence-corrected chi connectivity index (χ2v) is 3.28. The molecule has 2 N–H and O–H groups in total. The number of hydrogen-bond donors (Lipinski definition) is 1. The van der Waals surface area contributed by atoms with Crippen molar-refractivity contribution in [3.63, 3.8) is 0 Å². The lowest BCUT2D eigenvalue weighted by atomic mass is 9.99. The fourth-order valence-electron chi connectivity index (χ4n) is 1.53. The molecular weight excluding hydrogens is 162 g/mol. The smallest absolute Gasteiger partial charge is 0.127 e. The largest absolute Gasteiger partial charge is 0.384 e. The summed E-state index contributed by atoms with van der Waals surface area (Å²) in [6.07, 6.45) is 2.21. The van der Waals surface area contributed by atoms with Gasteiger partial charge in [0.05, 0.1) is 0 Å². The van der Waals surface area contributed by atoms with Crippen molar-refractivity contribution in [2.45, 2.75) is 39.5 Å². The molecule has 0 saturated carbocycles. The molecule has 0 aliphatic carbocycles. The lowest BCUT2D eigenvalue weighted by Gasteiger charge is -2.12. The molecule has 1 aromatic rings. The van der Waals surface area contributed by atoms with Crippen molar-refractivity contribution in [3.8, 4) is 0 Å². The predicted molar refractivity (Wildman–Crippen MR) is 54.5 cm³/mol. The number of rotatable bonds is 3. The van der Waals surface area contributed by atoms with Crippen molar-refractivity contribution in [2.75, 3.05) is 5.73 Å². The Kier molecular flexibility index (Phi) is 3.23. The topological polar surface area (TPSA) is 51.8 Å². The molecule has 0 unspecified atom stereocenters. The summed E-state index contributed by atoms with van der Waals surface area (Å²) in [5.41, 5.74) is 6.73. The van der Waals surface area contributed by atoms with Gasteiger partial charge in [-0.05, 0) is 19.8 Å². The summed E-state index contributed by atoms with van der Waals surface area (Å²) in [5.74, 6) is 1.86. The standard InChI is InChI=1S/C10H17N3/c1-4-8(5-2)9-6-10(11)13-7(3)12-9/h6,8H,4-5H2,1-3H3,(H2,11,12,13). The SMILES string of the molecule is CCC(CC)c1cc(N)nc(C)n1. The Hall–Kier alpha value is -1.12. The zero-order valence-corrected chi connectivity index (χ0v) is 8.54. The first-order valence-electron chi connectivity index (χ1n) is 4.78. The summed E-state index contributed by atoms with van der Waals surface area (Å²) in [7, 11) is 0. The highest BCUT2D eigenvalue weighted by molar-refractivity contribution is 5.31. The van der Waals surface area contributed by atoms with Crippen LogP contribution in [0.15, 0.2) is 6.07 Å². The zero-order valence-electron chi connectivity index (χ0n) is 8.54. The monoisotopic (exact) mass is 179 g/mol. The highest BCUT2D eigenvalue weighted by atomic mass is 14.9. The normalized spacial score (nSPS) is 10.8. The van der Waals surface area contributed by atoms with Gasteiger partial charge in [-0.25, -0.2) is 9.97 Å². The summed E-state index contributed by atoms with van der Waals surface area (Å²) in [5, 5.41) is 0. The Labute approximate surface area is 79.4 Å². The maximum absolute atomic E-state index is 5.66. The Morgan fingerprint density at radius 2 is 1.92 bits per heavy atom. The van der Waals surface area contributed by atoms with Gasteiger partial charge in [-0.2, -0.15) is 0 Å². The van der Waals surface area contributed by atoms with E-state index in [1.807, 2.05) is 13.0 Å². The number of nitrogens with two attached hydrogens (primary N) is 1. The summed E-state index contributed by atoms with van der Waals surface area (Å²) in [6, 6.07) is 1.88. The van der Waals surface area contributed by atoms with Gasteiger partial charge in [0.2, 0.25) is 0 Å². The lowest BCUT2D eigenvalue weighted by Crippen LogP contribution is -2.04. The molecule has 0 aliphatic heterocycles. The van der Waals surface area contributed by atoms with Gasteiger partial charge in [-0.15, -0.1) is 0 Å². The van der Waals surface area contributed by atoms with Crippen molar-refractivity contribution in [1.29, 1.82) is 0 Å². The van der Waals surface area contributed by atoms with E-state index in [9.17, 15) is 0 Å². The van der Waals surface area contributed by atoms with Gasteiger partial charge in [-0.3, -0.25) is 0 Å². The highest BCUT2D eigenvalue weighted by Gasteiger charge is 2.09. The molecule has 72 valence electrons. The first-order valence-corrected chi connectivity index (χ1v) is 4.78. The molecule has 0 aromatic carbocycles. The van der Waals surface area contributed by atoms with E-state index < -0.39 is 0 Å². The average Bonchev–Trinajstić information content (AvgIpc) is 2.04. The van der Waals surface area contributed by atoms with E-state index in [0.717, 1.165) is 24.4 Å². The van der Waals surface area contributed by atoms with Crippen LogP contribution in [0.25, 0.3) is 0 Å². The molecule has 0 amide bonds. The Morgan fingerprint density at radius 3 is 2.38 bits per heavy atom. The van der Waals surface area contributed by atoms with E-state index in [4.69, 9.17) is 5.73 Å². The Morgan fingerprint density at radius 1 is 1.31 bits per heavy atom. The van der Waals surface area contributed by atoms with E-state index in [0.29, 0.717) is 11.7 Å². The maximum Gasteiger partial charge on any atom is 0.127 e. The van der Waals surface area contributed by atoms with Crippen LogP contribution in [0.5, 0.6) is 0 Å². The van der Waals surface area contributed by atoms with Crippen LogP contribution in [0.2, 0.25) is 0 Å². The summed E-state index contributed by atoms with van der Waals surface area (Å²) >= 11 is 0. The van der Waals surface area contributed by atoms with Crippen LogP contribution in [0.4, 0.5) is 5.82 Å². The first kappa shape index (κ1) is 9.96. The molecular formula is C10H17N3. The third-order valence-corrected chi connectivity index (χ3v) is 2.28. The second kappa shape index (κ2) is 4.21. The van der Waals surface area contributed by atoms with Gasteiger partial charge in [0.1, 0.15) is 11.6 Å². The van der Waals surface area contributed by atoms with Crippen molar-refractivity contribution in [1.82, 2.24) is 9.97 Å². The second-order valence-electron chi connectivity index (χ2n) is 3.28. The number of nitrogen functional groups attached to an aromatic ring is 1. The minimum atomic E-state index is 0.518. The van der Waals surface area contributed by atoms with Gasteiger partial charge in [-0.1, -0.05) is 13.8 Å². The number of aryl methyl sites for hydroxylation is 1. The van der Waals surface area contributed by atoms with E-state index in [1.54, 1.807) is 0 Å². The number of anilines is 1. The van der Waals surface area contributed by atoms with Crippen LogP contribution in [0.1, 0.15) is 44.1 Å². The van der Waals surface area contributed by atoms with Crippen LogP contribution in [-0.4, -0.2) is 9.97 Å². The summed E-state index contributed by atoms with van der Waals surface area (Å²) in [6.45, 7) is 6.21.